The van der Waals surface area contributed by atoms with Crippen LogP contribution in [0.5, 0.6) is 0 Å². The highest BCUT2D eigenvalue weighted by Crippen LogP contribution is 2.21. The lowest BCUT2D eigenvalue weighted by Gasteiger charge is -2.13. The van der Waals surface area contributed by atoms with E-state index in [1.807, 2.05) is 0 Å². The fourth-order valence-corrected chi connectivity index (χ4v) is 4.14. The molecule has 0 aliphatic heterocycles. The molecule has 6 nitrogen and oxygen atoms in total. The van der Waals surface area contributed by atoms with Crippen molar-refractivity contribution in [1.29, 1.82) is 5.26 Å². The van der Waals surface area contributed by atoms with Crippen molar-refractivity contribution in [2.24, 2.45) is 0 Å². The number of halogens is 1. The molecule has 1 N–H and O–H groups in total. The number of amides is 1. The lowest BCUT2D eigenvalue weighted by atomic mass is 10.1. The van der Waals surface area contributed by atoms with Gasteiger partial charge >= 0.3 is 0 Å². The number of benzene rings is 3. The molecule has 4 aromatic rings. The third-order valence-electron chi connectivity index (χ3n) is 4.98. The average Bonchev–Trinajstić information content (AvgIpc) is 2.84. The second-order valence-corrected chi connectivity index (χ2v) is 8.17. The number of nitrogens with zero attached hydrogens (tertiary/aromatic N) is 3. The molecule has 0 saturated carbocycles. The number of carbonyl (C=O) groups excluding carboxylic acids is 1. The summed E-state index contributed by atoms with van der Waals surface area (Å²) < 4.78 is 14.5. The predicted molar refractivity (Wildman–Crippen MR) is 126 cm³/mol. The van der Waals surface area contributed by atoms with Crippen LogP contribution in [0, 0.1) is 17.1 Å². The number of nitriles is 1. The van der Waals surface area contributed by atoms with Crippen LogP contribution < -0.4 is 10.9 Å². The predicted octanol–water partition coefficient (Wildman–Crippen LogP) is 3.85. The summed E-state index contributed by atoms with van der Waals surface area (Å²) in [5.41, 5.74) is 2.28. The van der Waals surface area contributed by atoms with E-state index in [0.717, 1.165) is 17.3 Å². The van der Waals surface area contributed by atoms with Crippen LogP contribution in [0.1, 0.15) is 11.1 Å². The van der Waals surface area contributed by atoms with Gasteiger partial charge in [-0.1, -0.05) is 36.0 Å². The topological polar surface area (TPSA) is 87.8 Å². The number of nitrogens with one attached hydrogen (secondary N) is 1. The van der Waals surface area contributed by atoms with E-state index in [2.05, 4.69) is 16.4 Å². The Morgan fingerprint density at radius 2 is 1.79 bits per heavy atom. The summed E-state index contributed by atoms with van der Waals surface area (Å²) in [5, 5.41) is 12.7. The lowest BCUT2D eigenvalue weighted by molar-refractivity contribution is -0.118. The highest BCUT2D eigenvalue weighted by Gasteiger charge is 2.15. The maximum absolute atomic E-state index is 13.2. The van der Waals surface area contributed by atoms with E-state index in [1.54, 1.807) is 60.7 Å². The third kappa shape index (κ3) is 5.27. The second kappa shape index (κ2) is 10.1. The number of thioether (sulfide) groups is 1. The van der Waals surface area contributed by atoms with Gasteiger partial charge in [-0.15, -0.1) is 0 Å². The highest BCUT2D eigenvalue weighted by atomic mass is 32.2. The van der Waals surface area contributed by atoms with Gasteiger partial charge in [-0.25, -0.2) is 9.37 Å². The van der Waals surface area contributed by atoms with Gasteiger partial charge in [0.1, 0.15) is 5.82 Å². The molecule has 0 aliphatic rings. The molecule has 4 rings (SSSR count). The summed E-state index contributed by atoms with van der Waals surface area (Å²) in [4.78, 5) is 30.2. The Morgan fingerprint density at radius 3 is 2.52 bits per heavy atom. The van der Waals surface area contributed by atoms with E-state index in [0.29, 0.717) is 40.3 Å². The molecular weight excluding hydrogens is 439 g/mol. The van der Waals surface area contributed by atoms with Crippen molar-refractivity contribution < 1.29 is 9.18 Å². The quantitative estimate of drug-likeness (QED) is 0.336. The summed E-state index contributed by atoms with van der Waals surface area (Å²) in [5.74, 6) is -0.420. The monoisotopic (exact) mass is 458 g/mol. The molecule has 1 amide bonds. The van der Waals surface area contributed by atoms with Gasteiger partial charge in [0.05, 0.1) is 34.0 Å². The molecular formula is C25H19FN4O2S. The zero-order valence-corrected chi connectivity index (χ0v) is 18.3. The molecule has 0 unspecified atom stereocenters. The van der Waals surface area contributed by atoms with Gasteiger partial charge in [0.25, 0.3) is 5.56 Å². The summed E-state index contributed by atoms with van der Waals surface area (Å²) >= 11 is 1.16. The minimum absolute atomic E-state index is 0.0739. The van der Waals surface area contributed by atoms with E-state index in [4.69, 9.17) is 5.26 Å². The number of para-hydroxylation sites is 1. The molecule has 8 heteroatoms. The van der Waals surface area contributed by atoms with Crippen molar-refractivity contribution in [1.82, 2.24) is 14.9 Å². The number of rotatable bonds is 7. The van der Waals surface area contributed by atoms with Crippen LogP contribution in [-0.4, -0.2) is 27.8 Å². The molecule has 0 spiro atoms. The van der Waals surface area contributed by atoms with Crippen LogP contribution in [0.2, 0.25) is 0 Å². The molecule has 1 heterocycles. The molecule has 0 radical (unpaired) electrons. The smallest absolute Gasteiger partial charge is 0.266 e. The molecule has 0 saturated heterocycles. The van der Waals surface area contributed by atoms with E-state index in [1.165, 1.54) is 16.7 Å². The Labute approximate surface area is 193 Å². The van der Waals surface area contributed by atoms with Crippen LogP contribution in [0.3, 0.4) is 0 Å². The molecule has 0 atom stereocenters. The highest BCUT2D eigenvalue weighted by molar-refractivity contribution is 7.99. The van der Waals surface area contributed by atoms with E-state index < -0.39 is 0 Å². The van der Waals surface area contributed by atoms with E-state index >= 15 is 0 Å². The molecule has 164 valence electrons. The van der Waals surface area contributed by atoms with Crippen molar-refractivity contribution in [2.45, 2.75) is 11.6 Å². The number of hydrogen-bond acceptors (Lipinski definition) is 5. The van der Waals surface area contributed by atoms with Crippen molar-refractivity contribution in [3.8, 4) is 11.8 Å². The Morgan fingerprint density at radius 1 is 1.06 bits per heavy atom. The summed E-state index contributed by atoms with van der Waals surface area (Å²) in [6.45, 7) is 0.415. The SMILES string of the molecule is N#Cc1ccc(-n2c(SCC(=O)NCCc3ccc(F)cc3)nc3ccccc3c2=O)cc1. The first-order chi connectivity index (χ1) is 16.0. The Bertz CT molecular complexity index is 1390. The van der Waals surface area contributed by atoms with Gasteiger partial charge in [-0.2, -0.15) is 5.26 Å². The summed E-state index contributed by atoms with van der Waals surface area (Å²) in [7, 11) is 0. The van der Waals surface area contributed by atoms with Gasteiger partial charge in [-0.3, -0.25) is 14.2 Å². The minimum Gasteiger partial charge on any atom is -0.355 e. The van der Waals surface area contributed by atoms with Crippen molar-refractivity contribution in [3.05, 3.63) is 100 Å². The first-order valence-corrected chi connectivity index (χ1v) is 11.2. The van der Waals surface area contributed by atoms with Crippen LogP contribution in [0.4, 0.5) is 4.39 Å². The summed E-state index contributed by atoms with van der Waals surface area (Å²) in [6, 6.07) is 21.9. The minimum atomic E-state index is -0.296. The average molecular weight is 459 g/mol. The van der Waals surface area contributed by atoms with Crippen LogP contribution in [-0.2, 0) is 11.2 Å². The molecule has 0 bridgehead atoms. The maximum atomic E-state index is 13.2. The van der Waals surface area contributed by atoms with Crippen LogP contribution in [0.25, 0.3) is 16.6 Å². The van der Waals surface area contributed by atoms with Gasteiger partial charge in [-0.05, 0) is 60.5 Å². The standard InChI is InChI=1S/C25H19FN4O2S/c26-19-9-5-17(6-10-19)13-14-28-23(31)16-33-25-29-22-4-2-1-3-21(22)24(32)30(25)20-11-7-18(15-27)8-12-20/h1-12H,13-14,16H2,(H,28,31). The fraction of sp³-hybridized carbons (Fsp3) is 0.120. The van der Waals surface area contributed by atoms with E-state index in [9.17, 15) is 14.0 Å². The molecule has 0 aliphatic carbocycles. The fourth-order valence-electron chi connectivity index (χ4n) is 3.30. The van der Waals surface area contributed by atoms with Gasteiger partial charge in [0.15, 0.2) is 5.16 Å². The molecule has 33 heavy (non-hydrogen) atoms. The Kier molecular flexibility index (Phi) is 6.81. The van der Waals surface area contributed by atoms with Gasteiger partial charge < -0.3 is 5.32 Å². The van der Waals surface area contributed by atoms with Gasteiger partial charge in [0, 0.05) is 6.54 Å². The third-order valence-corrected chi connectivity index (χ3v) is 5.92. The molecule has 3 aromatic carbocycles. The zero-order valence-electron chi connectivity index (χ0n) is 17.5. The van der Waals surface area contributed by atoms with Crippen molar-refractivity contribution in [2.75, 3.05) is 12.3 Å². The maximum Gasteiger partial charge on any atom is 0.266 e. The normalized spacial score (nSPS) is 10.7. The Balaban J connectivity index is 1.52. The number of carbonyl (C=O) groups is 1. The zero-order chi connectivity index (χ0) is 23.2. The number of hydrogen-bond donors (Lipinski definition) is 1. The molecule has 1 aromatic heterocycles. The largest absolute Gasteiger partial charge is 0.355 e. The van der Waals surface area contributed by atoms with Crippen LogP contribution in [0.15, 0.2) is 82.7 Å². The Hall–Kier alpha value is -3.96. The summed E-state index contributed by atoms with van der Waals surface area (Å²) in [6.07, 6.45) is 0.584. The number of fused-ring (bicyclic) bond motifs is 1. The molecule has 0 fully saturated rings. The van der Waals surface area contributed by atoms with Crippen molar-refractivity contribution >= 4 is 28.6 Å². The lowest BCUT2D eigenvalue weighted by Crippen LogP contribution is -2.28. The van der Waals surface area contributed by atoms with Crippen LogP contribution >= 0.6 is 11.8 Å². The second-order valence-electron chi connectivity index (χ2n) is 7.23. The van der Waals surface area contributed by atoms with E-state index in [-0.39, 0.29) is 23.0 Å². The van der Waals surface area contributed by atoms with Crippen molar-refractivity contribution in [3.63, 3.8) is 0 Å². The first kappa shape index (κ1) is 22.2. The van der Waals surface area contributed by atoms with Gasteiger partial charge in [0.2, 0.25) is 5.91 Å². The number of aromatic nitrogens is 2. The first-order valence-electron chi connectivity index (χ1n) is 10.2.